The summed E-state index contributed by atoms with van der Waals surface area (Å²) in [6, 6.07) is 2.28. The zero-order chi connectivity index (χ0) is 11.6. The third-order valence-electron chi connectivity index (χ3n) is 2.90. The molecule has 1 heterocycles. The van der Waals surface area contributed by atoms with Crippen LogP contribution < -0.4 is 0 Å². The zero-order valence-corrected chi connectivity index (χ0v) is 10.9. The van der Waals surface area contributed by atoms with Crippen LogP contribution in [0.4, 0.5) is 0 Å². The van der Waals surface area contributed by atoms with E-state index >= 15 is 0 Å². The number of hydrogen-bond acceptors (Lipinski definition) is 1. The smallest absolute Gasteiger partial charge is 0.0413 e. The highest BCUT2D eigenvalue weighted by Crippen LogP contribution is 2.28. The van der Waals surface area contributed by atoms with Gasteiger partial charge in [-0.1, -0.05) is 34.6 Å². The molecule has 0 saturated carbocycles. The van der Waals surface area contributed by atoms with Crippen molar-refractivity contribution in [3.05, 3.63) is 28.6 Å². The minimum atomic E-state index is 0.570. The molecule has 0 atom stereocenters. The lowest BCUT2D eigenvalue weighted by Gasteiger charge is -2.19. The van der Waals surface area contributed by atoms with Gasteiger partial charge in [-0.15, -0.1) is 0 Å². The molecule has 15 heavy (non-hydrogen) atoms. The topological polar surface area (TPSA) is 12.9 Å². The molecule has 0 aromatic carbocycles. The van der Waals surface area contributed by atoms with Gasteiger partial charge in [0, 0.05) is 11.4 Å². The van der Waals surface area contributed by atoms with E-state index in [1.54, 1.807) is 0 Å². The molecule has 0 saturated heterocycles. The van der Waals surface area contributed by atoms with Gasteiger partial charge >= 0.3 is 0 Å². The van der Waals surface area contributed by atoms with Crippen molar-refractivity contribution in [3.8, 4) is 0 Å². The fraction of sp³-hybridized carbons (Fsp3) is 0.643. The predicted octanol–water partition coefficient (Wildman–Crippen LogP) is 4.20. The number of hydrogen-bond donors (Lipinski definition) is 0. The molecule has 0 aliphatic rings. The molecule has 0 fully saturated rings. The van der Waals surface area contributed by atoms with Crippen molar-refractivity contribution in [1.29, 1.82) is 0 Å². The Balaban J connectivity index is 3.36. The Morgan fingerprint density at radius 3 is 2.13 bits per heavy atom. The van der Waals surface area contributed by atoms with E-state index in [0.717, 1.165) is 6.42 Å². The van der Waals surface area contributed by atoms with Crippen molar-refractivity contribution >= 4 is 0 Å². The highest BCUT2D eigenvalue weighted by molar-refractivity contribution is 5.36. The van der Waals surface area contributed by atoms with Crippen LogP contribution >= 0.6 is 0 Å². The highest BCUT2D eigenvalue weighted by atomic mass is 14.7. The van der Waals surface area contributed by atoms with Crippen molar-refractivity contribution in [2.45, 2.75) is 59.8 Å². The molecule has 1 heteroatoms. The quantitative estimate of drug-likeness (QED) is 0.720. The second kappa shape index (κ2) is 4.78. The first kappa shape index (κ1) is 12.2. The van der Waals surface area contributed by atoms with Gasteiger partial charge in [0.2, 0.25) is 0 Å². The van der Waals surface area contributed by atoms with E-state index in [-0.39, 0.29) is 0 Å². The molecule has 1 rings (SSSR count). The van der Waals surface area contributed by atoms with Gasteiger partial charge in [-0.2, -0.15) is 0 Å². The first-order chi connectivity index (χ1) is 6.97. The van der Waals surface area contributed by atoms with Gasteiger partial charge in [0.1, 0.15) is 0 Å². The molecule has 0 N–H and O–H groups in total. The largest absolute Gasteiger partial charge is 0.258 e. The van der Waals surface area contributed by atoms with Crippen molar-refractivity contribution in [3.63, 3.8) is 0 Å². The maximum atomic E-state index is 4.66. The maximum Gasteiger partial charge on any atom is 0.0413 e. The van der Waals surface area contributed by atoms with E-state index in [1.807, 2.05) is 0 Å². The van der Waals surface area contributed by atoms with Crippen LogP contribution in [0.25, 0.3) is 0 Å². The molecule has 0 bridgehead atoms. The minimum absolute atomic E-state index is 0.570. The minimum Gasteiger partial charge on any atom is -0.258 e. The first-order valence-electron chi connectivity index (χ1n) is 5.97. The Morgan fingerprint density at radius 1 is 1.13 bits per heavy atom. The Kier molecular flexibility index (Phi) is 3.90. The number of rotatable bonds is 3. The van der Waals surface area contributed by atoms with Gasteiger partial charge in [0.15, 0.2) is 0 Å². The maximum absolute atomic E-state index is 4.66. The molecule has 1 nitrogen and oxygen atoms in total. The first-order valence-corrected chi connectivity index (χ1v) is 5.97. The van der Waals surface area contributed by atoms with Crippen molar-refractivity contribution < 1.29 is 0 Å². The Labute approximate surface area is 93.9 Å². The van der Waals surface area contributed by atoms with Crippen LogP contribution in [0.15, 0.2) is 6.07 Å². The van der Waals surface area contributed by atoms with Gasteiger partial charge in [0.25, 0.3) is 0 Å². The lowest BCUT2D eigenvalue weighted by molar-refractivity contribution is 0.763. The summed E-state index contributed by atoms with van der Waals surface area (Å²) < 4.78 is 0. The summed E-state index contributed by atoms with van der Waals surface area (Å²) >= 11 is 0. The molecule has 1 aromatic rings. The van der Waals surface area contributed by atoms with Gasteiger partial charge in [0.05, 0.1) is 0 Å². The van der Waals surface area contributed by atoms with Gasteiger partial charge in [-0.05, 0) is 42.4 Å². The Hall–Kier alpha value is -0.850. The normalized spacial score (nSPS) is 11.5. The van der Waals surface area contributed by atoms with Crippen LogP contribution in [-0.4, -0.2) is 4.98 Å². The average molecular weight is 205 g/mol. The number of nitrogens with zero attached hydrogens (tertiary/aromatic N) is 1. The van der Waals surface area contributed by atoms with E-state index < -0.39 is 0 Å². The third kappa shape index (κ3) is 2.58. The summed E-state index contributed by atoms with van der Waals surface area (Å²) in [5, 5.41) is 0. The SMILES string of the molecule is CCc1cc(C(C)C)c(C(C)C)c(C)n1. The van der Waals surface area contributed by atoms with Crippen molar-refractivity contribution in [2.24, 2.45) is 0 Å². The molecule has 0 spiro atoms. The second-order valence-corrected chi connectivity index (χ2v) is 4.86. The summed E-state index contributed by atoms with van der Waals surface area (Å²) in [6.45, 7) is 13.3. The zero-order valence-electron chi connectivity index (χ0n) is 10.9. The molecule has 0 unspecified atom stereocenters. The average Bonchev–Trinajstić information content (AvgIpc) is 2.15. The molecule has 0 radical (unpaired) electrons. The lowest BCUT2D eigenvalue weighted by atomic mass is 9.89. The Morgan fingerprint density at radius 2 is 1.73 bits per heavy atom. The number of aryl methyl sites for hydroxylation is 2. The van der Waals surface area contributed by atoms with Crippen LogP contribution in [0.5, 0.6) is 0 Å². The van der Waals surface area contributed by atoms with Crippen LogP contribution in [0, 0.1) is 6.92 Å². The molecule has 0 aliphatic carbocycles. The third-order valence-corrected chi connectivity index (χ3v) is 2.90. The fourth-order valence-electron chi connectivity index (χ4n) is 2.18. The summed E-state index contributed by atoms with van der Waals surface area (Å²) in [7, 11) is 0. The molecular formula is C14H23N. The lowest BCUT2D eigenvalue weighted by Crippen LogP contribution is -2.06. The molecular weight excluding hydrogens is 182 g/mol. The molecule has 0 amide bonds. The van der Waals surface area contributed by atoms with Crippen molar-refractivity contribution in [2.75, 3.05) is 0 Å². The highest BCUT2D eigenvalue weighted by Gasteiger charge is 2.14. The summed E-state index contributed by atoms with van der Waals surface area (Å²) in [5.74, 6) is 1.16. The van der Waals surface area contributed by atoms with Crippen molar-refractivity contribution in [1.82, 2.24) is 4.98 Å². The van der Waals surface area contributed by atoms with Crippen LogP contribution in [-0.2, 0) is 6.42 Å². The standard InChI is InChI=1S/C14H23N/c1-7-12-8-13(9(2)3)14(10(4)5)11(6)15-12/h8-10H,7H2,1-6H3. The van der Waals surface area contributed by atoms with E-state index in [4.69, 9.17) is 0 Å². The number of pyridine rings is 1. The van der Waals surface area contributed by atoms with Crippen LogP contribution in [0.1, 0.15) is 69.0 Å². The fourth-order valence-corrected chi connectivity index (χ4v) is 2.18. The van der Waals surface area contributed by atoms with Gasteiger partial charge in [-0.25, -0.2) is 0 Å². The van der Waals surface area contributed by atoms with Crippen LogP contribution in [0.3, 0.4) is 0 Å². The second-order valence-electron chi connectivity index (χ2n) is 4.86. The van der Waals surface area contributed by atoms with E-state index in [2.05, 4.69) is 52.6 Å². The van der Waals surface area contributed by atoms with Gasteiger partial charge < -0.3 is 0 Å². The summed E-state index contributed by atoms with van der Waals surface area (Å²) in [6.07, 6.45) is 1.03. The predicted molar refractivity (Wildman–Crippen MR) is 66.5 cm³/mol. The number of aromatic nitrogens is 1. The molecule has 0 aliphatic heterocycles. The molecule has 1 aromatic heterocycles. The van der Waals surface area contributed by atoms with E-state index in [9.17, 15) is 0 Å². The van der Waals surface area contributed by atoms with Crippen LogP contribution in [0.2, 0.25) is 0 Å². The Bertz CT molecular complexity index is 337. The molecule has 84 valence electrons. The summed E-state index contributed by atoms with van der Waals surface area (Å²) in [4.78, 5) is 4.66. The monoisotopic (exact) mass is 205 g/mol. The van der Waals surface area contributed by atoms with E-state index in [1.165, 1.54) is 22.5 Å². The van der Waals surface area contributed by atoms with Gasteiger partial charge in [-0.3, -0.25) is 4.98 Å². The summed E-state index contributed by atoms with van der Waals surface area (Å²) in [5.41, 5.74) is 5.37. The van der Waals surface area contributed by atoms with E-state index in [0.29, 0.717) is 11.8 Å².